The van der Waals surface area contributed by atoms with Gasteiger partial charge < -0.3 is 5.11 Å². The lowest BCUT2D eigenvalue weighted by Gasteiger charge is -2.12. The molecule has 0 spiro atoms. The van der Waals surface area contributed by atoms with Crippen LogP contribution in [-0.2, 0) is 4.79 Å². The number of carboxylic acid groups (broad SMARTS) is 1. The molecule has 88 valence electrons. The van der Waals surface area contributed by atoms with Crippen molar-refractivity contribution >= 4 is 16.7 Å². The molecular weight excluding hydrogens is 216 g/mol. The van der Waals surface area contributed by atoms with Crippen LogP contribution in [0.5, 0.6) is 0 Å². The van der Waals surface area contributed by atoms with Crippen molar-refractivity contribution in [3.8, 4) is 0 Å². The molecule has 0 bridgehead atoms. The van der Waals surface area contributed by atoms with Gasteiger partial charge >= 0.3 is 5.97 Å². The van der Waals surface area contributed by atoms with E-state index in [-0.39, 0.29) is 0 Å². The Labute approximate surface area is 99.3 Å². The molecule has 2 aromatic rings. The maximum Gasteiger partial charge on any atom is 0.312 e. The van der Waals surface area contributed by atoms with Gasteiger partial charge in [0.2, 0.25) is 0 Å². The number of aromatic nitrogens is 2. The van der Waals surface area contributed by atoms with Crippen molar-refractivity contribution in [2.75, 3.05) is 0 Å². The van der Waals surface area contributed by atoms with E-state index in [9.17, 15) is 9.90 Å². The molecule has 1 aromatic heterocycles. The molecule has 1 heterocycles. The first-order chi connectivity index (χ1) is 8.24. The first kappa shape index (κ1) is 11.5. The smallest absolute Gasteiger partial charge is 0.312 e. The van der Waals surface area contributed by atoms with Crippen LogP contribution in [0.4, 0.5) is 0 Å². The second kappa shape index (κ2) is 4.91. The minimum atomic E-state index is -0.836. The Morgan fingerprint density at radius 1 is 1.41 bits per heavy atom. The molecule has 0 saturated carbocycles. The third-order valence-electron chi connectivity index (χ3n) is 2.80. The maximum absolute atomic E-state index is 11.3. The summed E-state index contributed by atoms with van der Waals surface area (Å²) in [4.78, 5) is 11.3. The van der Waals surface area contributed by atoms with Gasteiger partial charge in [0.1, 0.15) is 5.92 Å². The van der Waals surface area contributed by atoms with Gasteiger partial charge in [-0.05, 0) is 6.42 Å². The second-order valence-corrected chi connectivity index (χ2v) is 4.00. The molecular formula is C13H14N2O2. The predicted octanol–water partition coefficient (Wildman–Crippen LogP) is 2.60. The summed E-state index contributed by atoms with van der Waals surface area (Å²) < 4.78 is 0. The van der Waals surface area contributed by atoms with E-state index in [0.29, 0.717) is 12.1 Å². The van der Waals surface area contributed by atoms with E-state index >= 15 is 0 Å². The van der Waals surface area contributed by atoms with Gasteiger partial charge in [0.15, 0.2) is 0 Å². The van der Waals surface area contributed by atoms with Crippen LogP contribution in [0.3, 0.4) is 0 Å². The van der Waals surface area contributed by atoms with Gasteiger partial charge in [0, 0.05) is 10.8 Å². The molecule has 17 heavy (non-hydrogen) atoms. The zero-order valence-corrected chi connectivity index (χ0v) is 9.63. The van der Waals surface area contributed by atoms with Crippen molar-refractivity contribution in [1.29, 1.82) is 0 Å². The highest BCUT2D eigenvalue weighted by Gasteiger charge is 2.22. The Kier molecular flexibility index (Phi) is 3.32. The Morgan fingerprint density at radius 3 is 2.88 bits per heavy atom. The number of rotatable bonds is 4. The average molecular weight is 230 g/mol. The molecule has 1 unspecified atom stereocenters. The lowest BCUT2D eigenvalue weighted by Crippen LogP contribution is -2.14. The Hall–Kier alpha value is -1.97. The fourth-order valence-corrected chi connectivity index (χ4v) is 1.97. The van der Waals surface area contributed by atoms with E-state index in [2.05, 4.69) is 10.2 Å². The third-order valence-corrected chi connectivity index (χ3v) is 2.80. The van der Waals surface area contributed by atoms with Crippen LogP contribution >= 0.6 is 0 Å². The molecule has 0 radical (unpaired) electrons. The van der Waals surface area contributed by atoms with Gasteiger partial charge in [-0.25, -0.2) is 0 Å². The fraction of sp³-hybridized carbons (Fsp3) is 0.308. The predicted molar refractivity (Wildman–Crippen MR) is 64.8 cm³/mol. The summed E-state index contributed by atoms with van der Waals surface area (Å²) in [7, 11) is 0. The summed E-state index contributed by atoms with van der Waals surface area (Å²) in [6.07, 6.45) is 3.05. The molecule has 4 nitrogen and oxygen atoms in total. The monoisotopic (exact) mass is 230 g/mol. The molecule has 0 saturated heterocycles. The van der Waals surface area contributed by atoms with E-state index in [4.69, 9.17) is 0 Å². The van der Waals surface area contributed by atoms with Crippen LogP contribution in [0.1, 0.15) is 31.4 Å². The summed E-state index contributed by atoms with van der Waals surface area (Å²) in [5, 5.41) is 19.0. The van der Waals surface area contributed by atoms with E-state index in [1.165, 1.54) is 0 Å². The van der Waals surface area contributed by atoms with Crippen molar-refractivity contribution in [3.05, 3.63) is 36.2 Å². The van der Waals surface area contributed by atoms with Crippen molar-refractivity contribution in [2.24, 2.45) is 0 Å². The molecule has 0 aliphatic rings. The van der Waals surface area contributed by atoms with Gasteiger partial charge in [-0.2, -0.15) is 10.2 Å². The number of hydrogen-bond donors (Lipinski definition) is 1. The largest absolute Gasteiger partial charge is 0.481 e. The summed E-state index contributed by atoms with van der Waals surface area (Å²) in [6, 6.07) is 7.60. The van der Waals surface area contributed by atoms with E-state index in [0.717, 1.165) is 17.2 Å². The minimum absolute atomic E-state index is 0.567. The van der Waals surface area contributed by atoms with Crippen molar-refractivity contribution in [2.45, 2.75) is 25.7 Å². The van der Waals surface area contributed by atoms with Crippen LogP contribution in [0, 0.1) is 0 Å². The molecule has 0 amide bonds. The third kappa shape index (κ3) is 2.25. The summed E-state index contributed by atoms with van der Waals surface area (Å²) >= 11 is 0. The van der Waals surface area contributed by atoms with Crippen LogP contribution in [-0.4, -0.2) is 21.3 Å². The highest BCUT2D eigenvalue weighted by molar-refractivity contribution is 5.88. The normalized spacial score (nSPS) is 12.5. The number of carboxylic acids is 1. The Bertz CT molecular complexity index is 534. The maximum atomic E-state index is 11.3. The van der Waals surface area contributed by atoms with E-state index < -0.39 is 11.9 Å². The van der Waals surface area contributed by atoms with Crippen molar-refractivity contribution < 1.29 is 9.90 Å². The first-order valence-electron chi connectivity index (χ1n) is 5.67. The fourth-order valence-electron chi connectivity index (χ4n) is 1.97. The number of carbonyl (C=O) groups is 1. The van der Waals surface area contributed by atoms with Gasteiger partial charge in [-0.3, -0.25) is 4.79 Å². The first-order valence-corrected chi connectivity index (χ1v) is 5.67. The molecule has 4 heteroatoms. The van der Waals surface area contributed by atoms with Crippen LogP contribution < -0.4 is 0 Å². The molecule has 0 aliphatic heterocycles. The van der Waals surface area contributed by atoms with Gasteiger partial charge in [0.25, 0.3) is 0 Å². The number of aliphatic carboxylic acids is 1. The summed E-state index contributed by atoms with van der Waals surface area (Å²) in [5.74, 6) is -1.41. The summed E-state index contributed by atoms with van der Waals surface area (Å²) in [6.45, 7) is 1.97. The molecule has 1 N–H and O–H groups in total. The van der Waals surface area contributed by atoms with E-state index in [1.807, 2.05) is 31.2 Å². The topological polar surface area (TPSA) is 63.1 Å². The lowest BCUT2D eigenvalue weighted by atomic mass is 9.96. The van der Waals surface area contributed by atoms with Gasteiger partial charge in [-0.15, -0.1) is 0 Å². The van der Waals surface area contributed by atoms with Crippen LogP contribution in [0.2, 0.25) is 0 Å². The summed E-state index contributed by atoms with van der Waals surface area (Å²) in [5.41, 5.74) is 0.567. The average Bonchev–Trinajstić information content (AvgIpc) is 2.35. The lowest BCUT2D eigenvalue weighted by molar-refractivity contribution is -0.139. The standard InChI is InChI=1S/C13H14N2O2/c1-2-5-11(13(16)17)12-10-7-4-3-6-9(10)8-14-15-12/h3-4,6-8,11H,2,5H2,1H3,(H,16,17). The SMILES string of the molecule is CCCC(C(=O)O)c1nncc2ccccc12. The minimum Gasteiger partial charge on any atom is -0.481 e. The highest BCUT2D eigenvalue weighted by Crippen LogP contribution is 2.26. The Morgan fingerprint density at radius 2 is 2.18 bits per heavy atom. The highest BCUT2D eigenvalue weighted by atomic mass is 16.4. The molecule has 0 aliphatic carbocycles. The van der Waals surface area contributed by atoms with Crippen molar-refractivity contribution in [1.82, 2.24) is 10.2 Å². The Balaban J connectivity index is 2.56. The molecule has 1 atom stereocenters. The molecule has 0 fully saturated rings. The zero-order valence-electron chi connectivity index (χ0n) is 9.63. The zero-order chi connectivity index (χ0) is 12.3. The quantitative estimate of drug-likeness (QED) is 0.876. The second-order valence-electron chi connectivity index (χ2n) is 4.00. The number of benzene rings is 1. The van der Waals surface area contributed by atoms with Crippen LogP contribution in [0.25, 0.3) is 10.8 Å². The van der Waals surface area contributed by atoms with E-state index in [1.54, 1.807) is 6.20 Å². The van der Waals surface area contributed by atoms with Gasteiger partial charge in [0.05, 0.1) is 11.9 Å². The number of nitrogens with zero attached hydrogens (tertiary/aromatic N) is 2. The van der Waals surface area contributed by atoms with Gasteiger partial charge in [-0.1, -0.05) is 37.6 Å². The molecule has 1 aromatic carbocycles. The number of fused-ring (bicyclic) bond motifs is 1. The van der Waals surface area contributed by atoms with Crippen LogP contribution in [0.15, 0.2) is 30.5 Å². The molecule has 2 rings (SSSR count). The number of hydrogen-bond acceptors (Lipinski definition) is 3. The van der Waals surface area contributed by atoms with Crippen molar-refractivity contribution in [3.63, 3.8) is 0 Å².